The summed E-state index contributed by atoms with van der Waals surface area (Å²) in [6.45, 7) is 2.81. The summed E-state index contributed by atoms with van der Waals surface area (Å²) in [4.78, 5) is 14.5. The predicted molar refractivity (Wildman–Crippen MR) is 76.4 cm³/mol. The zero-order valence-electron chi connectivity index (χ0n) is 11.6. The quantitative estimate of drug-likeness (QED) is 0.897. The van der Waals surface area contributed by atoms with Gasteiger partial charge < -0.3 is 10.2 Å². The van der Waals surface area contributed by atoms with Crippen LogP contribution in [0.1, 0.15) is 34.3 Å². The Balaban J connectivity index is 1.71. The summed E-state index contributed by atoms with van der Waals surface area (Å²) in [6.07, 6.45) is 4.68. The number of aryl methyl sites for hydroxylation is 2. The second-order valence-electron chi connectivity index (χ2n) is 5.80. The number of nitrogens with one attached hydrogen (secondary N) is 1. The first-order valence-corrected chi connectivity index (χ1v) is 7.33. The standard InChI is InChI=1S/C16H22N2O/c1-17-10-12-7-8-18(11-12)16(19)15-6-5-13-3-2-4-14(13)9-15/h5-6,9,12,17H,2-4,7-8,10-11H2,1H3. The van der Waals surface area contributed by atoms with Gasteiger partial charge in [0.15, 0.2) is 0 Å². The minimum absolute atomic E-state index is 0.216. The maximum atomic E-state index is 12.5. The lowest BCUT2D eigenvalue weighted by Gasteiger charge is -2.17. The molecule has 0 radical (unpaired) electrons. The number of benzene rings is 1. The number of amides is 1. The summed E-state index contributed by atoms with van der Waals surface area (Å²) < 4.78 is 0. The van der Waals surface area contributed by atoms with Crippen molar-refractivity contribution in [2.75, 3.05) is 26.7 Å². The molecule has 19 heavy (non-hydrogen) atoms. The van der Waals surface area contributed by atoms with Crippen molar-refractivity contribution >= 4 is 5.91 Å². The highest BCUT2D eigenvalue weighted by atomic mass is 16.2. The molecule has 1 atom stereocenters. The molecule has 1 amide bonds. The normalized spacial score (nSPS) is 21.7. The fourth-order valence-electron chi connectivity index (χ4n) is 3.36. The number of rotatable bonds is 3. The third-order valence-corrected chi connectivity index (χ3v) is 4.41. The van der Waals surface area contributed by atoms with E-state index in [2.05, 4.69) is 17.4 Å². The minimum atomic E-state index is 0.216. The van der Waals surface area contributed by atoms with Crippen molar-refractivity contribution in [2.45, 2.75) is 25.7 Å². The van der Waals surface area contributed by atoms with E-state index in [-0.39, 0.29) is 5.91 Å². The molecule has 1 heterocycles. The molecule has 1 unspecified atom stereocenters. The number of carbonyl (C=O) groups is 1. The fraction of sp³-hybridized carbons (Fsp3) is 0.562. The summed E-state index contributed by atoms with van der Waals surface area (Å²) in [7, 11) is 1.98. The van der Waals surface area contributed by atoms with E-state index in [0.29, 0.717) is 5.92 Å². The Morgan fingerprint density at radius 1 is 1.37 bits per heavy atom. The summed E-state index contributed by atoms with van der Waals surface area (Å²) in [5.41, 5.74) is 3.70. The number of likely N-dealkylation sites (tertiary alicyclic amines) is 1. The highest BCUT2D eigenvalue weighted by molar-refractivity contribution is 5.94. The number of hydrogen-bond acceptors (Lipinski definition) is 2. The molecule has 0 aromatic heterocycles. The van der Waals surface area contributed by atoms with Crippen LogP contribution >= 0.6 is 0 Å². The van der Waals surface area contributed by atoms with Crippen LogP contribution in [0.25, 0.3) is 0 Å². The number of carbonyl (C=O) groups excluding carboxylic acids is 1. The van der Waals surface area contributed by atoms with Gasteiger partial charge >= 0.3 is 0 Å². The maximum absolute atomic E-state index is 12.5. The largest absolute Gasteiger partial charge is 0.338 e. The van der Waals surface area contributed by atoms with Crippen molar-refractivity contribution in [1.82, 2.24) is 10.2 Å². The van der Waals surface area contributed by atoms with Crippen molar-refractivity contribution in [3.63, 3.8) is 0 Å². The van der Waals surface area contributed by atoms with Gasteiger partial charge in [-0.05, 0) is 68.5 Å². The van der Waals surface area contributed by atoms with Crippen LogP contribution in [0.2, 0.25) is 0 Å². The van der Waals surface area contributed by atoms with Crippen molar-refractivity contribution in [3.8, 4) is 0 Å². The summed E-state index contributed by atoms with van der Waals surface area (Å²) >= 11 is 0. The molecule has 0 bridgehead atoms. The molecule has 1 N–H and O–H groups in total. The van der Waals surface area contributed by atoms with Gasteiger partial charge in [-0.25, -0.2) is 0 Å². The molecule has 1 aromatic rings. The lowest BCUT2D eigenvalue weighted by molar-refractivity contribution is 0.0787. The monoisotopic (exact) mass is 258 g/mol. The van der Waals surface area contributed by atoms with Crippen LogP contribution in [-0.2, 0) is 12.8 Å². The first-order chi connectivity index (χ1) is 9.28. The van der Waals surface area contributed by atoms with E-state index < -0.39 is 0 Å². The molecule has 102 valence electrons. The Morgan fingerprint density at radius 2 is 2.21 bits per heavy atom. The van der Waals surface area contributed by atoms with Crippen molar-refractivity contribution in [1.29, 1.82) is 0 Å². The lowest BCUT2D eigenvalue weighted by atomic mass is 10.1. The SMILES string of the molecule is CNCC1CCN(C(=O)c2ccc3c(c2)CCC3)C1. The van der Waals surface area contributed by atoms with Gasteiger partial charge in [0.1, 0.15) is 0 Å². The average Bonchev–Trinajstić information content (AvgIpc) is 3.05. The molecule has 1 fully saturated rings. The number of nitrogens with zero attached hydrogens (tertiary/aromatic N) is 1. The van der Waals surface area contributed by atoms with Crippen LogP contribution in [0.15, 0.2) is 18.2 Å². The van der Waals surface area contributed by atoms with E-state index >= 15 is 0 Å². The highest BCUT2D eigenvalue weighted by Gasteiger charge is 2.26. The predicted octanol–water partition coefficient (Wildman–Crippen LogP) is 1.86. The lowest BCUT2D eigenvalue weighted by Crippen LogP contribution is -2.30. The Kier molecular flexibility index (Phi) is 3.56. The molecule has 0 saturated carbocycles. The van der Waals surface area contributed by atoms with Gasteiger partial charge in [0.05, 0.1) is 0 Å². The topological polar surface area (TPSA) is 32.3 Å². The highest BCUT2D eigenvalue weighted by Crippen LogP contribution is 2.24. The first-order valence-electron chi connectivity index (χ1n) is 7.33. The molecular formula is C16H22N2O. The van der Waals surface area contributed by atoms with Gasteiger partial charge in [0.2, 0.25) is 0 Å². The Morgan fingerprint density at radius 3 is 3.05 bits per heavy atom. The maximum Gasteiger partial charge on any atom is 0.253 e. The van der Waals surface area contributed by atoms with Gasteiger partial charge in [-0.3, -0.25) is 4.79 Å². The molecule has 1 aromatic carbocycles. The van der Waals surface area contributed by atoms with E-state index in [4.69, 9.17) is 0 Å². The van der Waals surface area contributed by atoms with Crippen LogP contribution in [0, 0.1) is 5.92 Å². The van der Waals surface area contributed by atoms with E-state index in [1.807, 2.05) is 18.0 Å². The third-order valence-electron chi connectivity index (χ3n) is 4.41. The second kappa shape index (κ2) is 5.33. The summed E-state index contributed by atoms with van der Waals surface area (Å²) in [6, 6.07) is 6.28. The zero-order chi connectivity index (χ0) is 13.2. The van der Waals surface area contributed by atoms with Crippen molar-refractivity contribution in [2.24, 2.45) is 5.92 Å². The average molecular weight is 258 g/mol. The van der Waals surface area contributed by atoms with Gasteiger partial charge in [-0.15, -0.1) is 0 Å². The Labute approximate surface area is 115 Å². The Hall–Kier alpha value is -1.35. The van der Waals surface area contributed by atoms with Crippen molar-refractivity contribution < 1.29 is 4.79 Å². The van der Waals surface area contributed by atoms with Crippen LogP contribution in [0.5, 0.6) is 0 Å². The minimum Gasteiger partial charge on any atom is -0.338 e. The molecular weight excluding hydrogens is 236 g/mol. The van der Waals surface area contributed by atoms with E-state index in [1.165, 1.54) is 24.0 Å². The molecule has 3 nitrogen and oxygen atoms in total. The summed E-state index contributed by atoms with van der Waals surface area (Å²) in [5.74, 6) is 0.830. The number of fused-ring (bicyclic) bond motifs is 1. The molecule has 3 rings (SSSR count). The fourth-order valence-corrected chi connectivity index (χ4v) is 3.36. The molecule has 0 spiro atoms. The molecule has 3 heteroatoms. The van der Waals surface area contributed by atoms with Gasteiger partial charge in [0.25, 0.3) is 5.91 Å². The smallest absolute Gasteiger partial charge is 0.253 e. The van der Waals surface area contributed by atoms with Gasteiger partial charge in [0, 0.05) is 18.7 Å². The Bertz CT molecular complexity index is 484. The number of hydrogen-bond donors (Lipinski definition) is 1. The van der Waals surface area contributed by atoms with Crippen molar-refractivity contribution in [3.05, 3.63) is 34.9 Å². The van der Waals surface area contributed by atoms with Crippen LogP contribution < -0.4 is 5.32 Å². The molecule has 1 aliphatic heterocycles. The van der Waals surface area contributed by atoms with Gasteiger partial charge in [-0.2, -0.15) is 0 Å². The van der Waals surface area contributed by atoms with Crippen LogP contribution in [0.3, 0.4) is 0 Å². The molecule has 2 aliphatic rings. The zero-order valence-corrected chi connectivity index (χ0v) is 11.6. The molecule has 1 saturated heterocycles. The first kappa shape index (κ1) is 12.7. The summed E-state index contributed by atoms with van der Waals surface area (Å²) in [5, 5.41) is 3.20. The van der Waals surface area contributed by atoms with E-state index in [1.54, 1.807) is 0 Å². The van der Waals surface area contributed by atoms with Crippen LogP contribution in [-0.4, -0.2) is 37.5 Å². The van der Waals surface area contributed by atoms with Gasteiger partial charge in [-0.1, -0.05) is 6.07 Å². The second-order valence-corrected chi connectivity index (χ2v) is 5.80. The third kappa shape index (κ3) is 2.52. The molecule has 1 aliphatic carbocycles. The van der Waals surface area contributed by atoms with E-state index in [9.17, 15) is 4.79 Å². The van der Waals surface area contributed by atoms with E-state index in [0.717, 1.165) is 38.0 Å². The van der Waals surface area contributed by atoms with Crippen LogP contribution in [0.4, 0.5) is 0 Å².